The third-order valence-corrected chi connectivity index (χ3v) is 6.81. The molecule has 0 saturated carbocycles. The van der Waals surface area contributed by atoms with E-state index in [4.69, 9.17) is 21.1 Å². The molecule has 31 heavy (non-hydrogen) atoms. The molecule has 3 heterocycles. The summed E-state index contributed by atoms with van der Waals surface area (Å²) >= 11 is 7.79. The molecule has 1 amide bonds. The van der Waals surface area contributed by atoms with Gasteiger partial charge in [-0.05, 0) is 23.8 Å². The number of piperazine rings is 1. The number of carbonyl (C=O) groups excluding carboxylic acids is 1. The minimum Gasteiger partial charge on any atom is -0.454 e. The molecule has 2 aliphatic heterocycles. The first-order chi connectivity index (χ1) is 15.2. The second-order valence-electron chi connectivity index (χ2n) is 7.65. The van der Waals surface area contributed by atoms with E-state index in [1.165, 1.54) is 16.9 Å². The Bertz CT molecular complexity index is 1100. The Morgan fingerprint density at radius 2 is 1.87 bits per heavy atom. The predicted octanol–water partition coefficient (Wildman–Crippen LogP) is 4.08. The zero-order valence-corrected chi connectivity index (χ0v) is 18.5. The van der Waals surface area contributed by atoms with E-state index in [1.54, 1.807) is 0 Å². The van der Waals surface area contributed by atoms with Crippen molar-refractivity contribution in [3.63, 3.8) is 0 Å². The summed E-state index contributed by atoms with van der Waals surface area (Å²) in [5.41, 5.74) is 2.90. The predicted molar refractivity (Wildman–Crippen MR) is 121 cm³/mol. The SMILES string of the molecule is O=C(Cc1csc(-c2ccccc2Cl)n1)N1CCN(Cc2ccc3c(c2)OCO3)CC1. The molecule has 6 nitrogen and oxygen atoms in total. The van der Waals surface area contributed by atoms with Crippen LogP contribution in [-0.2, 0) is 17.8 Å². The summed E-state index contributed by atoms with van der Waals surface area (Å²) in [6.45, 7) is 4.28. The fourth-order valence-electron chi connectivity index (χ4n) is 3.87. The minimum atomic E-state index is 0.124. The summed E-state index contributed by atoms with van der Waals surface area (Å²) in [6.07, 6.45) is 0.323. The summed E-state index contributed by atoms with van der Waals surface area (Å²) in [4.78, 5) is 21.7. The van der Waals surface area contributed by atoms with E-state index in [0.717, 1.165) is 60.5 Å². The molecule has 0 atom stereocenters. The van der Waals surface area contributed by atoms with Crippen LogP contribution in [0.25, 0.3) is 10.6 Å². The Labute approximate surface area is 190 Å². The smallest absolute Gasteiger partial charge is 0.231 e. The van der Waals surface area contributed by atoms with Gasteiger partial charge in [-0.3, -0.25) is 9.69 Å². The van der Waals surface area contributed by atoms with Crippen molar-refractivity contribution in [1.29, 1.82) is 0 Å². The Hall–Kier alpha value is -2.61. The number of fused-ring (bicyclic) bond motifs is 1. The van der Waals surface area contributed by atoms with E-state index < -0.39 is 0 Å². The molecule has 0 bridgehead atoms. The third-order valence-electron chi connectivity index (χ3n) is 5.56. The van der Waals surface area contributed by atoms with Crippen molar-refractivity contribution >= 4 is 28.8 Å². The number of rotatable bonds is 5. The van der Waals surface area contributed by atoms with Crippen LogP contribution in [0.2, 0.25) is 5.02 Å². The normalized spacial score (nSPS) is 16.0. The lowest BCUT2D eigenvalue weighted by Gasteiger charge is -2.34. The van der Waals surface area contributed by atoms with Gasteiger partial charge >= 0.3 is 0 Å². The largest absolute Gasteiger partial charge is 0.454 e. The summed E-state index contributed by atoms with van der Waals surface area (Å²) in [5.74, 6) is 1.74. The molecule has 1 aromatic heterocycles. The molecule has 1 fully saturated rings. The van der Waals surface area contributed by atoms with Gasteiger partial charge in [0.2, 0.25) is 12.7 Å². The molecule has 0 aliphatic carbocycles. The number of ether oxygens (including phenoxy) is 2. The van der Waals surface area contributed by atoms with Crippen molar-refractivity contribution in [2.75, 3.05) is 33.0 Å². The van der Waals surface area contributed by atoms with Crippen LogP contribution in [0.1, 0.15) is 11.3 Å². The van der Waals surface area contributed by atoms with Crippen molar-refractivity contribution in [3.05, 3.63) is 64.1 Å². The van der Waals surface area contributed by atoms with Gasteiger partial charge in [-0.1, -0.05) is 35.9 Å². The van der Waals surface area contributed by atoms with Crippen LogP contribution in [0.5, 0.6) is 11.5 Å². The maximum absolute atomic E-state index is 12.8. The van der Waals surface area contributed by atoms with Gasteiger partial charge in [-0.25, -0.2) is 4.98 Å². The fourth-order valence-corrected chi connectivity index (χ4v) is 5.01. The van der Waals surface area contributed by atoms with E-state index in [9.17, 15) is 4.79 Å². The number of amides is 1. The summed E-state index contributed by atoms with van der Waals surface area (Å²) in [6, 6.07) is 13.7. The highest BCUT2D eigenvalue weighted by atomic mass is 35.5. The minimum absolute atomic E-state index is 0.124. The van der Waals surface area contributed by atoms with Crippen LogP contribution >= 0.6 is 22.9 Å². The number of benzene rings is 2. The second-order valence-corrected chi connectivity index (χ2v) is 8.91. The highest BCUT2D eigenvalue weighted by molar-refractivity contribution is 7.13. The standard InChI is InChI=1S/C23H22ClN3O3S/c24-19-4-2-1-3-18(19)23-25-17(14-31-23)12-22(28)27-9-7-26(8-10-27)13-16-5-6-20-21(11-16)30-15-29-20/h1-6,11,14H,7-10,12-13,15H2. The van der Waals surface area contributed by atoms with Gasteiger partial charge in [0.25, 0.3) is 0 Å². The summed E-state index contributed by atoms with van der Waals surface area (Å²) in [5, 5.41) is 3.47. The quantitative estimate of drug-likeness (QED) is 0.580. The first kappa shape index (κ1) is 20.3. The van der Waals surface area contributed by atoms with Crippen molar-refractivity contribution in [1.82, 2.24) is 14.8 Å². The van der Waals surface area contributed by atoms with Gasteiger partial charge in [0.05, 0.1) is 17.1 Å². The zero-order valence-electron chi connectivity index (χ0n) is 16.9. The van der Waals surface area contributed by atoms with Crippen LogP contribution < -0.4 is 9.47 Å². The second kappa shape index (κ2) is 8.86. The van der Waals surface area contributed by atoms with Gasteiger partial charge < -0.3 is 14.4 Å². The molecular formula is C23H22ClN3O3S. The molecule has 2 aromatic carbocycles. The number of hydrogen-bond donors (Lipinski definition) is 0. The van der Waals surface area contributed by atoms with E-state index in [-0.39, 0.29) is 5.91 Å². The van der Waals surface area contributed by atoms with E-state index in [2.05, 4.69) is 16.0 Å². The van der Waals surface area contributed by atoms with Gasteiger partial charge in [0, 0.05) is 43.7 Å². The average molecular weight is 456 g/mol. The van der Waals surface area contributed by atoms with Crippen LogP contribution in [-0.4, -0.2) is 53.7 Å². The van der Waals surface area contributed by atoms with Crippen molar-refractivity contribution < 1.29 is 14.3 Å². The maximum Gasteiger partial charge on any atom is 0.231 e. The Morgan fingerprint density at radius 1 is 1.06 bits per heavy atom. The number of halogens is 1. The molecule has 0 radical (unpaired) electrons. The van der Waals surface area contributed by atoms with Crippen LogP contribution in [0, 0.1) is 0 Å². The number of hydrogen-bond acceptors (Lipinski definition) is 6. The molecule has 0 spiro atoms. The van der Waals surface area contributed by atoms with Gasteiger partial charge in [0.15, 0.2) is 11.5 Å². The molecule has 8 heteroatoms. The summed E-state index contributed by atoms with van der Waals surface area (Å²) in [7, 11) is 0. The van der Waals surface area contributed by atoms with Crippen molar-refractivity contribution in [3.8, 4) is 22.1 Å². The lowest BCUT2D eigenvalue weighted by Crippen LogP contribution is -2.48. The van der Waals surface area contributed by atoms with E-state index in [1.807, 2.05) is 46.7 Å². The van der Waals surface area contributed by atoms with Crippen LogP contribution in [0.3, 0.4) is 0 Å². The number of carbonyl (C=O) groups is 1. The van der Waals surface area contributed by atoms with Crippen LogP contribution in [0.15, 0.2) is 47.8 Å². The molecule has 3 aromatic rings. The monoisotopic (exact) mass is 455 g/mol. The lowest BCUT2D eigenvalue weighted by atomic mass is 10.1. The Kier molecular flexibility index (Phi) is 5.80. The Balaban J connectivity index is 1.14. The van der Waals surface area contributed by atoms with E-state index in [0.29, 0.717) is 18.2 Å². The highest BCUT2D eigenvalue weighted by Gasteiger charge is 2.23. The van der Waals surface area contributed by atoms with Crippen molar-refractivity contribution in [2.24, 2.45) is 0 Å². The average Bonchev–Trinajstić information content (AvgIpc) is 3.44. The maximum atomic E-state index is 12.8. The fraction of sp³-hybridized carbons (Fsp3) is 0.304. The van der Waals surface area contributed by atoms with Gasteiger partial charge in [0.1, 0.15) is 5.01 Å². The molecular weight excluding hydrogens is 434 g/mol. The number of nitrogens with zero attached hydrogens (tertiary/aromatic N) is 3. The molecule has 0 unspecified atom stereocenters. The number of aromatic nitrogens is 1. The first-order valence-electron chi connectivity index (χ1n) is 10.2. The molecule has 0 N–H and O–H groups in total. The topological polar surface area (TPSA) is 54.9 Å². The van der Waals surface area contributed by atoms with Crippen molar-refractivity contribution in [2.45, 2.75) is 13.0 Å². The molecule has 2 aliphatic rings. The Morgan fingerprint density at radius 3 is 2.71 bits per heavy atom. The molecule has 160 valence electrons. The van der Waals surface area contributed by atoms with E-state index >= 15 is 0 Å². The molecule has 1 saturated heterocycles. The number of thiazole rings is 1. The van der Waals surface area contributed by atoms with Crippen LogP contribution in [0.4, 0.5) is 0 Å². The van der Waals surface area contributed by atoms with Gasteiger partial charge in [-0.15, -0.1) is 11.3 Å². The zero-order chi connectivity index (χ0) is 21.2. The summed E-state index contributed by atoms with van der Waals surface area (Å²) < 4.78 is 10.8. The lowest BCUT2D eigenvalue weighted by molar-refractivity contribution is -0.132. The third kappa shape index (κ3) is 4.54. The highest BCUT2D eigenvalue weighted by Crippen LogP contribution is 2.33. The first-order valence-corrected chi connectivity index (χ1v) is 11.5. The molecule has 5 rings (SSSR count). The van der Waals surface area contributed by atoms with Gasteiger partial charge in [-0.2, -0.15) is 0 Å².